The molecule has 8 heteroatoms. The molecule has 134 valence electrons. The number of hydrogen-bond acceptors (Lipinski definition) is 4. The molecule has 0 aliphatic heterocycles. The van der Waals surface area contributed by atoms with E-state index >= 15 is 0 Å². The first-order valence-electron chi connectivity index (χ1n) is 7.40. The van der Waals surface area contributed by atoms with E-state index in [0.29, 0.717) is 5.69 Å². The summed E-state index contributed by atoms with van der Waals surface area (Å²) in [6.07, 6.45) is -0.217. The molecule has 0 radical (unpaired) electrons. The molecule has 0 fully saturated rings. The van der Waals surface area contributed by atoms with Crippen LogP contribution in [-0.2, 0) is 14.6 Å². The van der Waals surface area contributed by atoms with Gasteiger partial charge in [0.05, 0.1) is 10.6 Å². The van der Waals surface area contributed by atoms with E-state index in [0.717, 1.165) is 5.56 Å². The second-order valence-electron chi connectivity index (χ2n) is 5.33. The Morgan fingerprint density at radius 1 is 1.08 bits per heavy atom. The average molecular weight is 369 g/mol. The van der Waals surface area contributed by atoms with E-state index in [1.807, 2.05) is 6.92 Å². The minimum Gasteiger partial charge on any atom is -0.435 e. The highest BCUT2D eigenvalue weighted by atomic mass is 32.2. The summed E-state index contributed by atoms with van der Waals surface area (Å²) in [7, 11) is -3.55. The summed E-state index contributed by atoms with van der Waals surface area (Å²) in [4.78, 5) is 12.0. The fraction of sp³-hybridized carbons (Fsp3) is 0.235. The summed E-state index contributed by atoms with van der Waals surface area (Å²) >= 11 is 0. The number of nitrogens with one attached hydrogen (secondary N) is 1. The second-order valence-corrected chi connectivity index (χ2v) is 7.44. The monoisotopic (exact) mass is 369 g/mol. The van der Waals surface area contributed by atoms with Crippen molar-refractivity contribution in [2.45, 2.75) is 24.9 Å². The molecule has 0 atom stereocenters. The maximum Gasteiger partial charge on any atom is 0.387 e. The molecule has 0 aliphatic carbocycles. The van der Waals surface area contributed by atoms with Crippen molar-refractivity contribution in [3.63, 3.8) is 0 Å². The Bertz CT molecular complexity index is 819. The molecule has 0 heterocycles. The molecule has 1 N–H and O–H groups in total. The first-order valence-corrected chi connectivity index (χ1v) is 9.06. The number of carbonyl (C=O) groups is 1. The lowest BCUT2D eigenvalue weighted by atomic mass is 10.2. The Morgan fingerprint density at radius 3 is 2.24 bits per heavy atom. The van der Waals surface area contributed by atoms with Crippen LogP contribution in [0.15, 0.2) is 53.4 Å². The quantitative estimate of drug-likeness (QED) is 0.812. The lowest BCUT2D eigenvalue weighted by Gasteiger charge is -2.08. The molecule has 5 nitrogen and oxygen atoms in total. The highest BCUT2D eigenvalue weighted by Gasteiger charge is 2.16. The van der Waals surface area contributed by atoms with Gasteiger partial charge in [0.1, 0.15) is 5.75 Å². The van der Waals surface area contributed by atoms with Gasteiger partial charge in [0.15, 0.2) is 9.84 Å². The largest absolute Gasteiger partial charge is 0.435 e. The van der Waals surface area contributed by atoms with Crippen molar-refractivity contribution in [2.24, 2.45) is 0 Å². The molecule has 0 bridgehead atoms. The summed E-state index contributed by atoms with van der Waals surface area (Å²) in [5.74, 6) is -0.845. The van der Waals surface area contributed by atoms with Crippen molar-refractivity contribution in [2.75, 3.05) is 11.1 Å². The Hall–Kier alpha value is -2.48. The number of rotatable bonds is 7. The van der Waals surface area contributed by atoms with E-state index in [-0.39, 0.29) is 22.8 Å². The van der Waals surface area contributed by atoms with Gasteiger partial charge in [0, 0.05) is 12.1 Å². The predicted octanol–water partition coefficient (Wildman–Crippen LogP) is 3.40. The van der Waals surface area contributed by atoms with Crippen molar-refractivity contribution in [3.8, 4) is 5.75 Å². The van der Waals surface area contributed by atoms with Gasteiger partial charge >= 0.3 is 6.61 Å². The van der Waals surface area contributed by atoms with E-state index in [9.17, 15) is 22.0 Å². The van der Waals surface area contributed by atoms with Crippen LogP contribution in [0, 0.1) is 6.92 Å². The van der Waals surface area contributed by atoms with Gasteiger partial charge in [0.2, 0.25) is 5.91 Å². The molecule has 0 unspecified atom stereocenters. The zero-order valence-electron chi connectivity index (χ0n) is 13.4. The van der Waals surface area contributed by atoms with Crippen LogP contribution in [-0.4, -0.2) is 26.7 Å². The van der Waals surface area contributed by atoms with E-state index in [4.69, 9.17) is 0 Å². The Balaban J connectivity index is 1.90. The van der Waals surface area contributed by atoms with Crippen LogP contribution in [0.5, 0.6) is 5.75 Å². The maximum atomic E-state index is 12.2. The zero-order chi connectivity index (χ0) is 18.4. The second kappa shape index (κ2) is 8.06. The number of anilines is 1. The van der Waals surface area contributed by atoms with Gasteiger partial charge < -0.3 is 10.1 Å². The topological polar surface area (TPSA) is 72.5 Å². The number of hydrogen-bond donors (Lipinski definition) is 1. The zero-order valence-corrected chi connectivity index (χ0v) is 14.2. The highest BCUT2D eigenvalue weighted by molar-refractivity contribution is 7.91. The third-order valence-corrected chi connectivity index (χ3v) is 5.07. The van der Waals surface area contributed by atoms with Gasteiger partial charge in [-0.3, -0.25) is 4.79 Å². The molecular weight excluding hydrogens is 352 g/mol. The van der Waals surface area contributed by atoms with Crippen molar-refractivity contribution in [1.29, 1.82) is 0 Å². The fourth-order valence-electron chi connectivity index (χ4n) is 2.03. The molecule has 0 aliphatic rings. The first kappa shape index (κ1) is 18.9. The summed E-state index contributed by atoms with van der Waals surface area (Å²) < 4.78 is 52.7. The van der Waals surface area contributed by atoms with Crippen LogP contribution in [0.1, 0.15) is 12.0 Å². The average Bonchev–Trinajstić information content (AvgIpc) is 2.55. The lowest BCUT2D eigenvalue weighted by Crippen LogP contribution is -2.17. The minimum atomic E-state index is -3.55. The van der Waals surface area contributed by atoms with Gasteiger partial charge in [-0.25, -0.2) is 8.42 Å². The summed E-state index contributed by atoms with van der Waals surface area (Å²) in [5.41, 5.74) is 1.30. The smallest absolute Gasteiger partial charge is 0.387 e. The van der Waals surface area contributed by atoms with Crippen LogP contribution in [0.2, 0.25) is 0 Å². The fourth-order valence-corrected chi connectivity index (χ4v) is 3.27. The normalized spacial score (nSPS) is 11.4. The number of alkyl halides is 2. The van der Waals surface area contributed by atoms with Gasteiger partial charge in [0.25, 0.3) is 0 Å². The standard InChI is InChI=1S/C17H17F2NO4S/c1-12-2-8-15(9-3-12)25(22,23)11-10-16(21)20-13-4-6-14(7-5-13)24-17(18)19/h2-9,17H,10-11H2,1H3,(H,20,21). The molecule has 1 amide bonds. The number of aryl methyl sites for hydroxylation is 1. The summed E-state index contributed by atoms with van der Waals surface area (Å²) in [6.45, 7) is -1.08. The number of sulfone groups is 1. The summed E-state index contributed by atoms with van der Waals surface area (Å²) in [5, 5.41) is 2.51. The van der Waals surface area contributed by atoms with Crippen LogP contribution in [0.4, 0.5) is 14.5 Å². The van der Waals surface area contributed by atoms with Crippen LogP contribution < -0.4 is 10.1 Å². The molecule has 2 aromatic carbocycles. The number of benzene rings is 2. The molecule has 0 aromatic heterocycles. The van der Waals surface area contributed by atoms with E-state index in [1.54, 1.807) is 12.1 Å². The Kier molecular flexibility index (Phi) is 6.08. The third-order valence-electron chi connectivity index (χ3n) is 3.34. The molecular formula is C17H17F2NO4S. The molecule has 0 saturated heterocycles. The van der Waals surface area contributed by atoms with Gasteiger partial charge in [-0.15, -0.1) is 0 Å². The summed E-state index contributed by atoms with van der Waals surface area (Å²) in [6, 6.07) is 11.7. The lowest BCUT2D eigenvalue weighted by molar-refractivity contribution is -0.115. The van der Waals surface area contributed by atoms with Crippen LogP contribution in [0.3, 0.4) is 0 Å². The van der Waals surface area contributed by atoms with Gasteiger partial charge in [-0.2, -0.15) is 8.78 Å². The highest BCUT2D eigenvalue weighted by Crippen LogP contribution is 2.18. The number of amides is 1. The molecule has 2 aromatic rings. The van der Waals surface area contributed by atoms with E-state index in [1.165, 1.54) is 36.4 Å². The minimum absolute atomic E-state index is 0.0325. The van der Waals surface area contributed by atoms with E-state index < -0.39 is 22.4 Å². The Labute approximate surface area is 144 Å². The molecule has 25 heavy (non-hydrogen) atoms. The molecule has 0 saturated carbocycles. The van der Waals surface area contributed by atoms with Crippen molar-refractivity contribution >= 4 is 21.4 Å². The van der Waals surface area contributed by atoms with Gasteiger partial charge in [-0.05, 0) is 43.3 Å². The van der Waals surface area contributed by atoms with Crippen molar-refractivity contribution < 1.29 is 26.7 Å². The van der Waals surface area contributed by atoms with Crippen LogP contribution in [0.25, 0.3) is 0 Å². The van der Waals surface area contributed by atoms with Crippen molar-refractivity contribution in [3.05, 3.63) is 54.1 Å². The van der Waals surface area contributed by atoms with Crippen molar-refractivity contribution in [1.82, 2.24) is 0 Å². The molecule has 2 rings (SSSR count). The number of halogens is 2. The SMILES string of the molecule is Cc1ccc(S(=O)(=O)CCC(=O)Nc2ccc(OC(F)F)cc2)cc1. The first-order chi connectivity index (χ1) is 11.8. The van der Waals surface area contributed by atoms with E-state index in [2.05, 4.69) is 10.1 Å². The molecule has 0 spiro atoms. The maximum absolute atomic E-state index is 12.2. The predicted molar refractivity (Wildman–Crippen MR) is 89.6 cm³/mol. The third kappa shape index (κ3) is 5.82. The number of ether oxygens (including phenoxy) is 1. The van der Waals surface area contributed by atoms with Gasteiger partial charge in [-0.1, -0.05) is 17.7 Å². The Morgan fingerprint density at radius 2 is 1.68 bits per heavy atom. The van der Waals surface area contributed by atoms with Crippen LogP contribution >= 0.6 is 0 Å². The number of carbonyl (C=O) groups excluding carboxylic acids is 1.